The summed E-state index contributed by atoms with van der Waals surface area (Å²) in [5.41, 5.74) is 0.265. The van der Waals surface area contributed by atoms with E-state index in [0.29, 0.717) is 10.3 Å². The average Bonchev–Trinajstić information content (AvgIpc) is 2.30. The molecule has 5 heteroatoms. The van der Waals surface area contributed by atoms with Gasteiger partial charge in [-0.05, 0) is 30.3 Å². The van der Waals surface area contributed by atoms with Gasteiger partial charge in [0.25, 0.3) is 0 Å². The van der Waals surface area contributed by atoms with Crippen LogP contribution in [0.15, 0.2) is 42.5 Å². The summed E-state index contributed by atoms with van der Waals surface area (Å²) in [4.78, 5) is 10.8. The monoisotopic (exact) mass is 233 g/mol. The highest BCUT2D eigenvalue weighted by atomic mass is 19.1. The highest BCUT2D eigenvalue weighted by molar-refractivity contribution is 5.84. The van der Waals surface area contributed by atoms with E-state index in [9.17, 15) is 14.4 Å². The number of carboxylic acid groups (broad SMARTS) is 1. The number of aromatic carboxylic acids is 1. The molecular formula is C12H8FNO3. The lowest BCUT2D eigenvalue weighted by atomic mass is 10.1. The minimum Gasteiger partial charge on any atom is -0.618 e. The van der Waals surface area contributed by atoms with Gasteiger partial charge in [-0.25, -0.2) is 9.18 Å². The van der Waals surface area contributed by atoms with Crippen LogP contribution >= 0.6 is 0 Å². The minimum atomic E-state index is -1.30. The Labute approximate surface area is 96.2 Å². The molecule has 0 spiro atoms. The molecule has 1 aromatic carbocycles. The van der Waals surface area contributed by atoms with E-state index < -0.39 is 11.8 Å². The average molecular weight is 233 g/mol. The lowest BCUT2D eigenvalue weighted by Crippen LogP contribution is -2.36. The second kappa shape index (κ2) is 4.21. The van der Waals surface area contributed by atoms with Crippen molar-refractivity contribution in [2.24, 2.45) is 0 Å². The first-order chi connectivity index (χ1) is 8.09. The number of rotatable bonds is 2. The smallest absolute Gasteiger partial charge is 0.402 e. The second-order valence-electron chi connectivity index (χ2n) is 3.40. The fraction of sp³-hybridized carbons (Fsp3) is 0. The molecule has 2 aromatic rings. The number of carbonyl (C=O) groups is 1. The van der Waals surface area contributed by atoms with Crippen LogP contribution in [0.1, 0.15) is 10.5 Å². The van der Waals surface area contributed by atoms with Crippen LogP contribution in [0.5, 0.6) is 0 Å². The molecule has 0 aliphatic carbocycles. The first-order valence-corrected chi connectivity index (χ1v) is 4.81. The predicted octanol–water partition coefficient (Wildman–Crippen LogP) is 1.82. The summed E-state index contributed by atoms with van der Waals surface area (Å²) in [6, 6.07) is 9.42. The third kappa shape index (κ3) is 2.08. The van der Waals surface area contributed by atoms with Crippen molar-refractivity contribution in [2.75, 3.05) is 0 Å². The van der Waals surface area contributed by atoms with Gasteiger partial charge in [0.15, 0.2) is 0 Å². The predicted molar refractivity (Wildman–Crippen MR) is 57.8 cm³/mol. The van der Waals surface area contributed by atoms with E-state index in [4.69, 9.17) is 5.11 Å². The van der Waals surface area contributed by atoms with Crippen LogP contribution in [0.3, 0.4) is 0 Å². The molecule has 1 aromatic heterocycles. The first-order valence-electron chi connectivity index (χ1n) is 4.81. The largest absolute Gasteiger partial charge is 0.618 e. The van der Waals surface area contributed by atoms with E-state index in [1.165, 1.54) is 42.5 Å². The first kappa shape index (κ1) is 11.1. The SMILES string of the molecule is O=C(O)c1cccc(-c2ccc(F)cc2)[n+]1[O-]. The van der Waals surface area contributed by atoms with Crippen molar-refractivity contribution in [3.8, 4) is 11.3 Å². The number of aromatic nitrogens is 1. The second-order valence-corrected chi connectivity index (χ2v) is 3.40. The molecular weight excluding hydrogens is 225 g/mol. The summed E-state index contributed by atoms with van der Waals surface area (Å²) in [5.74, 6) is -1.72. The molecule has 1 N–H and O–H groups in total. The van der Waals surface area contributed by atoms with Crippen molar-refractivity contribution in [3.05, 3.63) is 59.2 Å². The maximum absolute atomic E-state index is 12.7. The Balaban J connectivity index is 2.56. The van der Waals surface area contributed by atoms with Crippen molar-refractivity contribution >= 4 is 5.97 Å². The molecule has 0 amide bonds. The van der Waals surface area contributed by atoms with Gasteiger partial charge in [0, 0.05) is 17.7 Å². The molecule has 86 valence electrons. The summed E-state index contributed by atoms with van der Waals surface area (Å²) >= 11 is 0. The molecule has 0 saturated heterocycles. The molecule has 0 radical (unpaired) electrons. The van der Waals surface area contributed by atoms with Crippen LogP contribution in [0, 0.1) is 11.0 Å². The summed E-state index contributed by atoms with van der Waals surface area (Å²) in [6.45, 7) is 0. The highest BCUT2D eigenvalue weighted by Crippen LogP contribution is 2.16. The molecule has 0 saturated carbocycles. The van der Waals surface area contributed by atoms with Crippen molar-refractivity contribution in [2.45, 2.75) is 0 Å². The number of pyridine rings is 1. The zero-order valence-electron chi connectivity index (χ0n) is 8.63. The third-order valence-corrected chi connectivity index (χ3v) is 2.30. The molecule has 0 aliphatic rings. The molecule has 0 bridgehead atoms. The highest BCUT2D eigenvalue weighted by Gasteiger charge is 2.18. The topological polar surface area (TPSA) is 64.2 Å². The van der Waals surface area contributed by atoms with Crippen molar-refractivity contribution in [1.29, 1.82) is 0 Å². The minimum absolute atomic E-state index is 0.171. The van der Waals surface area contributed by atoms with E-state index >= 15 is 0 Å². The van der Waals surface area contributed by atoms with Crippen LogP contribution in [0.4, 0.5) is 4.39 Å². The van der Waals surface area contributed by atoms with E-state index in [2.05, 4.69) is 0 Å². The summed E-state index contributed by atoms with van der Waals surface area (Å²) in [5, 5.41) is 20.5. The van der Waals surface area contributed by atoms with E-state index in [1.54, 1.807) is 0 Å². The Morgan fingerprint density at radius 3 is 2.41 bits per heavy atom. The van der Waals surface area contributed by atoms with Crippen LogP contribution < -0.4 is 4.73 Å². The molecule has 4 nitrogen and oxygen atoms in total. The Morgan fingerprint density at radius 1 is 1.18 bits per heavy atom. The van der Waals surface area contributed by atoms with Crippen molar-refractivity contribution < 1.29 is 19.0 Å². The molecule has 0 fully saturated rings. The van der Waals surface area contributed by atoms with Crippen LogP contribution in [0.25, 0.3) is 11.3 Å². The van der Waals surface area contributed by atoms with Gasteiger partial charge in [-0.1, -0.05) is 0 Å². The summed E-state index contributed by atoms with van der Waals surface area (Å²) in [6.07, 6.45) is 0. The number of nitrogens with zero attached hydrogens (tertiary/aromatic N) is 1. The van der Waals surface area contributed by atoms with Gasteiger partial charge >= 0.3 is 11.7 Å². The fourth-order valence-electron chi connectivity index (χ4n) is 1.49. The molecule has 0 atom stereocenters. The number of hydrogen-bond donors (Lipinski definition) is 1. The Morgan fingerprint density at radius 2 is 1.82 bits per heavy atom. The molecule has 1 heterocycles. The molecule has 17 heavy (non-hydrogen) atoms. The van der Waals surface area contributed by atoms with E-state index in [0.717, 1.165) is 0 Å². The maximum Gasteiger partial charge on any atom is 0.402 e. The zero-order valence-corrected chi connectivity index (χ0v) is 8.63. The van der Waals surface area contributed by atoms with Crippen LogP contribution in [-0.4, -0.2) is 11.1 Å². The van der Waals surface area contributed by atoms with Gasteiger partial charge in [0.1, 0.15) is 5.82 Å². The lowest BCUT2D eigenvalue weighted by molar-refractivity contribution is -0.596. The van der Waals surface area contributed by atoms with Gasteiger partial charge in [-0.2, -0.15) is 4.73 Å². The number of hydrogen-bond acceptors (Lipinski definition) is 2. The van der Waals surface area contributed by atoms with Crippen molar-refractivity contribution in [3.63, 3.8) is 0 Å². The van der Waals surface area contributed by atoms with Gasteiger partial charge in [-0.3, -0.25) is 0 Å². The Kier molecular flexibility index (Phi) is 2.74. The van der Waals surface area contributed by atoms with Crippen LogP contribution in [-0.2, 0) is 0 Å². The van der Waals surface area contributed by atoms with Gasteiger partial charge < -0.3 is 10.3 Å². The van der Waals surface area contributed by atoms with E-state index in [1.807, 2.05) is 0 Å². The number of benzene rings is 1. The van der Waals surface area contributed by atoms with Gasteiger partial charge in [0.05, 0.1) is 0 Å². The Hall–Kier alpha value is -2.43. The number of carboxylic acids is 1. The zero-order chi connectivity index (χ0) is 12.4. The fourth-order valence-corrected chi connectivity index (χ4v) is 1.49. The summed E-state index contributed by atoms with van der Waals surface area (Å²) < 4.78 is 13.0. The molecule has 2 rings (SSSR count). The van der Waals surface area contributed by atoms with Gasteiger partial charge in [0.2, 0.25) is 5.69 Å². The summed E-state index contributed by atoms with van der Waals surface area (Å²) in [7, 11) is 0. The normalized spacial score (nSPS) is 10.2. The maximum atomic E-state index is 12.7. The Bertz CT molecular complexity index is 566. The molecule has 0 aliphatic heterocycles. The third-order valence-electron chi connectivity index (χ3n) is 2.30. The lowest BCUT2D eigenvalue weighted by Gasteiger charge is -2.06. The number of halogens is 1. The quantitative estimate of drug-likeness (QED) is 0.635. The molecule has 0 unspecified atom stereocenters. The standard InChI is InChI=1S/C12H8FNO3/c13-9-6-4-8(5-7-9)10-2-1-3-11(12(15)16)14(10)17/h1-7H,(H,15,16). The van der Waals surface area contributed by atoms with Crippen LogP contribution in [0.2, 0.25) is 0 Å². The van der Waals surface area contributed by atoms with Gasteiger partial charge in [-0.15, -0.1) is 0 Å². The van der Waals surface area contributed by atoms with Crippen molar-refractivity contribution in [1.82, 2.24) is 0 Å². The van der Waals surface area contributed by atoms with E-state index in [-0.39, 0.29) is 11.4 Å².